The summed E-state index contributed by atoms with van der Waals surface area (Å²) in [6.45, 7) is 4.24. The van der Waals surface area contributed by atoms with E-state index in [4.69, 9.17) is 21.1 Å². The van der Waals surface area contributed by atoms with Gasteiger partial charge in [0.1, 0.15) is 11.5 Å². The van der Waals surface area contributed by atoms with Crippen LogP contribution in [0.4, 0.5) is 11.4 Å². The Morgan fingerprint density at radius 1 is 0.879 bits per heavy atom. The fourth-order valence-electron chi connectivity index (χ4n) is 2.94. The van der Waals surface area contributed by atoms with Crippen LogP contribution >= 0.6 is 11.6 Å². The van der Waals surface area contributed by atoms with Crippen molar-refractivity contribution in [3.63, 3.8) is 0 Å². The molecule has 0 aliphatic carbocycles. The van der Waals surface area contributed by atoms with Gasteiger partial charge >= 0.3 is 0 Å². The molecule has 3 aromatic carbocycles. The summed E-state index contributed by atoms with van der Waals surface area (Å²) < 4.78 is 39.0. The van der Waals surface area contributed by atoms with Gasteiger partial charge in [-0.05, 0) is 86.1 Å². The number of anilines is 2. The number of halogens is 1. The lowest BCUT2D eigenvalue weighted by atomic mass is 10.2. The summed E-state index contributed by atoms with van der Waals surface area (Å²) in [6.07, 6.45) is -0.261. The van der Waals surface area contributed by atoms with Crippen molar-refractivity contribution in [2.45, 2.75) is 31.3 Å². The van der Waals surface area contributed by atoms with E-state index in [0.29, 0.717) is 40.9 Å². The monoisotopic (exact) mass is 488 g/mol. The summed E-state index contributed by atoms with van der Waals surface area (Å²) in [6, 6.07) is 19.3. The molecule has 7 nitrogen and oxygen atoms in total. The molecule has 33 heavy (non-hydrogen) atoms. The lowest BCUT2D eigenvalue weighted by Gasteiger charge is -2.17. The first-order valence-electron chi connectivity index (χ1n) is 10.4. The molecule has 3 aromatic rings. The summed E-state index contributed by atoms with van der Waals surface area (Å²) in [5, 5.41) is 3.33. The Labute approximate surface area is 198 Å². The van der Waals surface area contributed by atoms with Crippen molar-refractivity contribution in [3.8, 4) is 11.5 Å². The first kappa shape index (κ1) is 24.4. The largest absolute Gasteiger partial charge is 0.494 e. The van der Waals surface area contributed by atoms with E-state index in [9.17, 15) is 13.2 Å². The zero-order chi connectivity index (χ0) is 23.8. The van der Waals surface area contributed by atoms with Crippen LogP contribution < -0.4 is 19.5 Å². The number of hydrogen-bond donors (Lipinski definition) is 2. The predicted molar refractivity (Wildman–Crippen MR) is 130 cm³/mol. The van der Waals surface area contributed by atoms with Crippen LogP contribution in [0.3, 0.4) is 0 Å². The Hall–Kier alpha value is -3.23. The van der Waals surface area contributed by atoms with Crippen LogP contribution in [0.1, 0.15) is 20.3 Å². The Kier molecular flexibility index (Phi) is 8.19. The summed E-state index contributed by atoms with van der Waals surface area (Å²) in [5.41, 5.74) is 0.874. The van der Waals surface area contributed by atoms with Gasteiger partial charge in [-0.2, -0.15) is 0 Å². The van der Waals surface area contributed by atoms with Crippen LogP contribution in [0.25, 0.3) is 0 Å². The lowest BCUT2D eigenvalue weighted by Crippen LogP contribution is -2.32. The molecule has 0 aliphatic heterocycles. The number of hydrogen-bond acceptors (Lipinski definition) is 5. The molecule has 2 N–H and O–H groups in total. The zero-order valence-corrected chi connectivity index (χ0v) is 19.8. The van der Waals surface area contributed by atoms with Crippen molar-refractivity contribution in [1.29, 1.82) is 0 Å². The van der Waals surface area contributed by atoms with Crippen molar-refractivity contribution in [2.75, 3.05) is 16.6 Å². The van der Waals surface area contributed by atoms with Crippen molar-refractivity contribution < 1.29 is 22.7 Å². The van der Waals surface area contributed by atoms with Gasteiger partial charge in [0.15, 0.2) is 6.10 Å². The molecule has 9 heteroatoms. The van der Waals surface area contributed by atoms with E-state index < -0.39 is 16.1 Å². The average Bonchev–Trinajstić information content (AvgIpc) is 2.80. The SMILES string of the molecule is CCOc1ccc(NS(=O)(=O)c2ccc(NC(=O)C(CC)Oc3ccc(Cl)cc3)cc2)cc1. The van der Waals surface area contributed by atoms with Crippen molar-refractivity contribution in [2.24, 2.45) is 0 Å². The highest BCUT2D eigenvalue weighted by Gasteiger charge is 2.19. The minimum absolute atomic E-state index is 0.0684. The molecule has 0 spiro atoms. The molecule has 0 saturated carbocycles. The van der Waals surface area contributed by atoms with E-state index in [-0.39, 0.29) is 10.8 Å². The van der Waals surface area contributed by atoms with Crippen LogP contribution in [-0.4, -0.2) is 27.0 Å². The van der Waals surface area contributed by atoms with Crippen molar-refractivity contribution >= 4 is 38.9 Å². The maximum Gasteiger partial charge on any atom is 0.265 e. The van der Waals surface area contributed by atoms with Crippen LogP contribution in [0, 0.1) is 0 Å². The third-order valence-corrected chi connectivity index (χ3v) is 6.25. The zero-order valence-electron chi connectivity index (χ0n) is 18.2. The molecular formula is C24H25ClN2O5S. The number of ether oxygens (including phenoxy) is 2. The van der Waals surface area contributed by atoms with Crippen LogP contribution in [0.15, 0.2) is 77.7 Å². The number of rotatable bonds is 10. The Morgan fingerprint density at radius 2 is 1.45 bits per heavy atom. The van der Waals surface area contributed by atoms with Gasteiger partial charge in [0.2, 0.25) is 0 Å². The number of carbonyl (C=O) groups is 1. The molecule has 0 radical (unpaired) electrons. The predicted octanol–water partition coefficient (Wildman–Crippen LogP) is 5.34. The Balaban J connectivity index is 1.63. The fourth-order valence-corrected chi connectivity index (χ4v) is 4.12. The van der Waals surface area contributed by atoms with E-state index in [1.165, 1.54) is 24.3 Å². The molecule has 0 aromatic heterocycles. The normalized spacial score (nSPS) is 12.0. The third-order valence-electron chi connectivity index (χ3n) is 4.60. The molecule has 1 atom stereocenters. The molecule has 1 amide bonds. The third kappa shape index (κ3) is 6.87. The highest BCUT2D eigenvalue weighted by Crippen LogP contribution is 2.22. The highest BCUT2D eigenvalue weighted by molar-refractivity contribution is 7.92. The van der Waals surface area contributed by atoms with E-state index in [0.717, 1.165) is 0 Å². The summed E-state index contributed by atoms with van der Waals surface area (Å²) in [4.78, 5) is 12.7. The molecule has 0 saturated heterocycles. The van der Waals surface area contributed by atoms with Gasteiger partial charge in [-0.1, -0.05) is 18.5 Å². The summed E-state index contributed by atoms with van der Waals surface area (Å²) in [7, 11) is -3.79. The second-order valence-corrected chi connectivity index (χ2v) is 9.16. The van der Waals surface area contributed by atoms with Gasteiger partial charge in [0, 0.05) is 16.4 Å². The van der Waals surface area contributed by atoms with Crippen LogP contribution in [0.2, 0.25) is 5.02 Å². The second kappa shape index (κ2) is 11.1. The maximum absolute atomic E-state index is 12.7. The van der Waals surface area contributed by atoms with Gasteiger partial charge in [-0.3, -0.25) is 9.52 Å². The second-order valence-electron chi connectivity index (χ2n) is 7.05. The fraction of sp³-hybridized carbons (Fsp3) is 0.208. The van der Waals surface area contributed by atoms with Crippen LogP contribution in [-0.2, 0) is 14.8 Å². The average molecular weight is 489 g/mol. The first-order chi connectivity index (χ1) is 15.8. The van der Waals surface area contributed by atoms with E-state index >= 15 is 0 Å². The number of carbonyl (C=O) groups excluding carboxylic acids is 1. The smallest absolute Gasteiger partial charge is 0.265 e. The molecule has 0 heterocycles. The van der Waals surface area contributed by atoms with Crippen molar-refractivity contribution in [3.05, 3.63) is 77.8 Å². The van der Waals surface area contributed by atoms with Gasteiger partial charge in [0.05, 0.1) is 11.5 Å². The number of nitrogens with one attached hydrogen (secondary N) is 2. The standard InChI is InChI=1S/C24H25ClN2O5S/c1-3-23(32-21-11-5-17(25)6-12-21)24(28)26-18-9-15-22(16-10-18)33(29,30)27-19-7-13-20(14-8-19)31-4-2/h5-16,23,27H,3-4H2,1-2H3,(H,26,28). The Morgan fingerprint density at radius 3 is 2.03 bits per heavy atom. The quantitative estimate of drug-likeness (QED) is 0.402. The number of sulfonamides is 1. The highest BCUT2D eigenvalue weighted by atomic mass is 35.5. The molecule has 0 fully saturated rings. The number of benzene rings is 3. The molecular weight excluding hydrogens is 464 g/mol. The summed E-state index contributed by atoms with van der Waals surface area (Å²) in [5.74, 6) is 0.852. The molecule has 0 aliphatic rings. The minimum atomic E-state index is -3.79. The van der Waals surface area contributed by atoms with Gasteiger partial charge < -0.3 is 14.8 Å². The van der Waals surface area contributed by atoms with Crippen molar-refractivity contribution in [1.82, 2.24) is 0 Å². The molecule has 174 valence electrons. The first-order valence-corrected chi connectivity index (χ1v) is 12.3. The van der Waals surface area contributed by atoms with Gasteiger partial charge in [-0.15, -0.1) is 0 Å². The molecule has 1 unspecified atom stereocenters. The van der Waals surface area contributed by atoms with Gasteiger partial charge in [-0.25, -0.2) is 8.42 Å². The van der Waals surface area contributed by atoms with Crippen LogP contribution in [0.5, 0.6) is 11.5 Å². The molecule has 0 bridgehead atoms. The topological polar surface area (TPSA) is 93.7 Å². The summed E-state index contributed by atoms with van der Waals surface area (Å²) >= 11 is 5.87. The number of amides is 1. The van der Waals surface area contributed by atoms with Gasteiger partial charge in [0.25, 0.3) is 15.9 Å². The van der Waals surface area contributed by atoms with E-state index in [1.54, 1.807) is 48.5 Å². The minimum Gasteiger partial charge on any atom is -0.494 e. The van der Waals surface area contributed by atoms with E-state index in [1.807, 2.05) is 13.8 Å². The van der Waals surface area contributed by atoms with E-state index in [2.05, 4.69) is 10.0 Å². The maximum atomic E-state index is 12.7. The lowest BCUT2D eigenvalue weighted by molar-refractivity contribution is -0.122. The molecule has 3 rings (SSSR count). The Bertz CT molecular complexity index is 1160.